The van der Waals surface area contributed by atoms with Gasteiger partial charge in [0.2, 0.25) is 6.43 Å². The van der Waals surface area contributed by atoms with Crippen LogP contribution in [-0.2, 0) is 4.79 Å². The van der Waals surface area contributed by atoms with Crippen LogP contribution in [0.25, 0.3) is 0 Å². The lowest BCUT2D eigenvalue weighted by atomic mass is 10.1. The predicted molar refractivity (Wildman–Crippen MR) is 37.1 cm³/mol. The lowest BCUT2D eigenvalue weighted by molar-refractivity contribution is -0.145. The standard InChI is InChI=1S/C7H6F6O2/c8-3(1-2-4(9)10)5(6(14)15)7(11,12)13/h4H,1-2H2,(H,14,15). The van der Waals surface area contributed by atoms with E-state index >= 15 is 0 Å². The van der Waals surface area contributed by atoms with Crippen molar-refractivity contribution < 1.29 is 36.2 Å². The fourth-order valence-corrected chi connectivity index (χ4v) is 0.752. The van der Waals surface area contributed by atoms with Gasteiger partial charge in [0.25, 0.3) is 0 Å². The molecule has 0 bridgehead atoms. The van der Waals surface area contributed by atoms with Crippen LogP contribution < -0.4 is 0 Å². The van der Waals surface area contributed by atoms with E-state index in [1.54, 1.807) is 0 Å². The minimum Gasteiger partial charge on any atom is -0.478 e. The van der Waals surface area contributed by atoms with Crippen LogP contribution in [0.3, 0.4) is 0 Å². The molecule has 0 radical (unpaired) electrons. The fourth-order valence-electron chi connectivity index (χ4n) is 0.752. The summed E-state index contributed by atoms with van der Waals surface area (Å²) in [6.07, 6.45) is -10.8. The third-order valence-corrected chi connectivity index (χ3v) is 1.35. The van der Waals surface area contributed by atoms with Gasteiger partial charge in [0.05, 0.1) is 0 Å². The molecule has 0 aliphatic carbocycles. The first kappa shape index (κ1) is 13.8. The first-order valence-electron chi connectivity index (χ1n) is 3.63. The summed E-state index contributed by atoms with van der Waals surface area (Å²) in [6.45, 7) is 0. The van der Waals surface area contributed by atoms with Crippen LogP contribution in [0.5, 0.6) is 0 Å². The van der Waals surface area contributed by atoms with Crippen LogP contribution in [0.15, 0.2) is 11.4 Å². The predicted octanol–water partition coefficient (Wildman–Crippen LogP) is 2.90. The largest absolute Gasteiger partial charge is 0.478 e. The van der Waals surface area contributed by atoms with Crippen LogP contribution >= 0.6 is 0 Å². The van der Waals surface area contributed by atoms with Gasteiger partial charge in [-0.3, -0.25) is 0 Å². The van der Waals surface area contributed by atoms with Crippen molar-refractivity contribution in [3.63, 3.8) is 0 Å². The van der Waals surface area contributed by atoms with E-state index in [0.717, 1.165) is 0 Å². The van der Waals surface area contributed by atoms with Crippen molar-refractivity contribution in [2.75, 3.05) is 0 Å². The van der Waals surface area contributed by atoms with Crippen LogP contribution in [-0.4, -0.2) is 23.7 Å². The highest BCUT2D eigenvalue weighted by atomic mass is 19.4. The maximum Gasteiger partial charge on any atom is 0.425 e. The number of rotatable bonds is 4. The van der Waals surface area contributed by atoms with Crippen molar-refractivity contribution in [3.05, 3.63) is 11.4 Å². The molecule has 0 aliphatic rings. The zero-order valence-corrected chi connectivity index (χ0v) is 7.11. The fraction of sp³-hybridized carbons (Fsp3) is 0.571. The van der Waals surface area contributed by atoms with Crippen LogP contribution in [0.4, 0.5) is 26.3 Å². The summed E-state index contributed by atoms with van der Waals surface area (Å²) in [5.41, 5.74) is -2.43. The summed E-state index contributed by atoms with van der Waals surface area (Å²) < 4.78 is 71.3. The quantitative estimate of drug-likeness (QED) is 0.601. The third-order valence-electron chi connectivity index (χ3n) is 1.35. The van der Waals surface area contributed by atoms with Crippen LogP contribution in [0.1, 0.15) is 12.8 Å². The molecule has 0 saturated heterocycles. The lowest BCUT2D eigenvalue weighted by Crippen LogP contribution is -2.21. The Hall–Kier alpha value is -1.21. The molecule has 2 nitrogen and oxygen atoms in total. The Labute approximate surface area is 80.2 Å². The average Bonchev–Trinajstić information content (AvgIpc) is 1.96. The monoisotopic (exact) mass is 236 g/mol. The molecule has 0 spiro atoms. The molecule has 0 aromatic carbocycles. The Morgan fingerprint density at radius 1 is 1.27 bits per heavy atom. The molecule has 15 heavy (non-hydrogen) atoms. The van der Waals surface area contributed by atoms with Crippen LogP contribution in [0.2, 0.25) is 0 Å². The molecule has 0 fully saturated rings. The number of carboxylic acids is 1. The second-order valence-corrected chi connectivity index (χ2v) is 2.51. The van der Waals surface area contributed by atoms with E-state index in [4.69, 9.17) is 5.11 Å². The first-order valence-corrected chi connectivity index (χ1v) is 3.63. The van der Waals surface area contributed by atoms with E-state index in [-0.39, 0.29) is 0 Å². The highest BCUT2D eigenvalue weighted by Gasteiger charge is 2.42. The molecule has 8 heteroatoms. The van der Waals surface area contributed by atoms with E-state index in [1.165, 1.54) is 0 Å². The molecule has 0 rings (SSSR count). The number of carbonyl (C=O) groups is 1. The molecule has 0 aliphatic heterocycles. The normalized spacial score (nSPS) is 14.1. The molecule has 0 atom stereocenters. The van der Waals surface area contributed by atoms with Gasteiger partial charge in [-0.05, 0) is 0 Å². The average molecular weight is 236 g/mol. The topological polar surface area (TPSA) is 37.3 Å². The van der Waals surface area contributed by atoms with Gasteiger partial charge >= 0.3 is 12.1 Å². The minimum atomic E-state index is -5.39. The van der Waals surface area contributed by atoms with E-state index < -0.39 is 42.8 Å². The number of carboxylic acid groups (broad SMARTS) is 1. The Bertz CT molecular complexity index is 267. The molecule has 0 unspecified atom stereocenters. The summed E-state index contributed by atoms with van der Waals surface area (Å²) >= 11 is 0. The number of halogens is 6. The van der Waals surface area contributed by atoms with Gasteiger partial charge in [0.15, 0.2) is 5.57 Å². The summed E-state index contributed by atoms with van der Waals surface area (Å²) in [6, 6.07) is 0. The van der Waals surface area contributed by atoms with Crippen molar-refractivity contribution in [2.45, 2.75) is 25.4 Å². The number of alkyl halides is 5. The van der Waals surface area contributed by atoms with Crippen molar-refractivity contribution >= 4 is 5.97 Å². The zero-order chi connectivity index (χ0) is 12.2. The summed E-state index contributed by atoms with van der Waals surface area (Å²) in [7, 11) is 0. The molecule has 88 valence electrons. The third kappa shape index (κ3) is 4.71. The summed E-state index contributed by atoms with van der Waals surface area (Å²) in [4.78, 5) is 10.0. The SMILES string of the molecule is O=C(O)C(=C(F)CCC(F)F)C(F)(F)F. The lowest BCUT2D eigenvalue weighted by Gasteiger charge is -2.08. The van der Waals surface area contributed by atoms with Crippen molar-refractivity contribution in [1.82, 2.24) is 0 Å². The smallest absolute Gasteiger partial charge is 0.425 e. The molecule has 0 heterocycles. The molecule has 0 saturated carbocycles. The van der Waals surface area contributed by atoms with E-state index in [1.807, 2.05) is 0 Å². The highest BCUT2D eigenvalue weighted by Crippen LogP contribution is 2.31. The maximum atomic E-state index is 12.6. The molecule has 1 N–H and O–H groups in total. The molecular formula is C7H6F6O2. The van der Waals surface area contributed by atoms with Gasteiger partial charge in [-0.15, -0.1) is 0 Å². The number of aliphatic carboxylic acids is 1. The van der Waals surface area contributed by atoms with E-state index in [2.05, 4.69) is 0 Å². The van der Waals surface area contributed by atoms with Gasteiger partial charge in [-0.2, -0.15) is 13.2 Å². The molecule has 0 aromatic rings. The second kappa shape index (κ2) is 5.04. The van der Waals surface area contributed by atoms with E-state index in [9.17, 15) is 31.1 Å². The number of allylic oxidation sites excluding steroid dienone is 1. The van der Waals surface area contributed by atoms with Gasteiger partial charge in [0, 0.05) is 12.8 Å². The van der Waals surface area contributed by atoms with Crippen molar-refractivity contribution in [2.24, 2.45) is 0 Å². The van der Waals surface area contributed by atoms with Crippen molar-refractivity contribution in [1.29, 1.82) is 0 Å². The number of hydrogen-bond acceptors (Lipinski definition) is 1. The van der Waals surface area contributed by atoms with Gasteiger partial charge in [0.1, 0.15) is 5.83 Å². The maximum absolute atomic E-state index is 12.6. The molecular weight excluding hydrogens is 230 g/mol. The molecule has 0 amide bonds. The van der Waals surface area contributed by atoms with Crippen molar-refractivity contribution in [3.8, 4) is 0 Å². The van der Waals surface area contributed by atoms with Gasteiger partial charge < -0.3 is 5.11 Å². The Balaban J connectivity index is 4.87. The minimum absolute atomic E-state index is 1.15. The number of hydrogen-bond donors (Lipinski definition) is 1. The Kier molecular flexibility index (Phi) is 4.63. The Morgan fingerprint density at radius 3 is 2.00 bits per heavy atom. The second-order valence-electron chi connectivity index (χ2n) is 2.51. The summed E-state index contributed by atoms with van der Waals surface area (Å²) in [5, 5.41) is 8.04. The molecule has 0 aromatic heterocycles. The van der Waals surface area contributed by atoms with Crippen LogP contribution in [0, 0.1) is 0 Å². The summed E-state index contributed by atoms with van der Waals surface area (Å²) in [5.74, 6) is -4.61. The first-order chi connectivity index (χ1) is 6.66. The zero-order valence-electron chi connectivity index (χ0n) is 7.11. The highest BCUT2D eigenvalue weighted by molar-refractivity contribution is 5.88. The van der Waals surface area contributed by atoms with Gasteiger partial charge in [-0.1, -0.05) is 0 Å². The van der Waals surface area contributed by atoms with E-state index in [0.29, 0.717) is 0 Å². The van der Waals surface area contributed by atoms with Gasteiger partial charge in [-0.25, -0.2) is 18.0 Å². The Morgan fingerprint density at radius 2 is 1.73 bits per heavy atom.